The van der Waals surface area contributed by atoms with Crippen LogP contribution in [0, 0.1) is 11.8 Å². The van der Waals surface area contributed by atoms with Gasteiger partial charge < -0.3 is 19.9 Å². The van der Waals surface area contributed by atoms with E-state index in [0.717, 1.165) is 21.1 Å². The van der Waals surface area contributed by atoms with E-state index in [1.807, 2.05) is 5.32 Å². The van der Waals surface area contributed by atoms with Crippen LogP contribution in [0.15, 0.2) is 18.2 Å². The van der Waals surface area contributed by atoms with E-state index in [1.165, 1.54) is 0 Å². The number of carbonyl (C=O) groups excluding carboxylic acids is 3. The first-order valence-electron chi connectivity index (χ1n) is 8.99. The van der Waals surface area contributed by atoms with E-state index in [9.17, 15) is 50.6 Å². The van der Waals surface area contributed by atoms with Crippen molar-refractivity contribution in [3.05, 3.63) is 34.9 Å². The van der Waals surface area contributed by atoms with Crippen molar-refractivity contribution in [1.29, 1.82) is 0 Å². The molecule has 0 radical (unpaired) electrons. The van der Waals surface area contributed by atoms with Crippen LogP contribution in [0.4, 0.5) is 26.3 Å². The molecule has 0 saturated carbocycles. The second kappa shape index (κ2) is 10.5. The van der Waals surface area contributed by atoms with E-state index in [1.54, 1.807) is 0 Å². The molecule has 0 heterocycles. The summed E-state index contributed by atoms with van der Waals surface area (Å²) in [6.45, 7) is 1.09. The fourth-order valence-corrected chi connectivity index (χ4v) is 2.92. The van der Waals surface area contributed by atoms with E-state index in [2.05, 4.69) is 9.47 Å². The van der Waals surface area contributed by atoms with Gasteiger partial charge in [-0.05, 0) is 23.8 Å². The van der Waals surface area contributed by atoms with Crippen LogP contribution in [0.1, 0.15) is 23.6 Å². The molecule has 8 nitrogen and oxygen atoms in total. The summed E-state index contributed by atoms with van der Waals surface area (Å²) in [5.74, 6) is -8.60. The van der Waals surface area contributed by atoms with Crippen molar-refractivity contribution in [3.63, 3.8) is 0 Å². The Kier molecular flexibility index (Phi) is 8.84. The van der Waals surface area contributed by atoms with E-state index in [-0.39, 0.29) is 6.07 Å². The predicted molar refractivity (Wildman–Crippen MR) is 96.4 cm³/mol. The standard InChI is InChI=1S/C19H19F6NO7/c1-8(13(16(30)32-2)17(31)33-3)14(15(28)29)26-12(27)6-9-4-10(18(20,21)22)7-11(5-9)19(23,24)25/h4-5,7-8,13-14H,6H2,1-3H3,(H,26,27)(H,28,29)/t8-,14-/m1/s1. The number of hydrogen-bond acceptors (Lipinski definition) is 6. The molecule has 184 valence electrons. The Labute approximate surface area is 182 Å². The van der Waals surface area contributed by atoms with E-state index >= 15 is 0 Å². The Morgan fingerprint density at radius 2 is 1.33 bits per heavy atom. The minimum atomic E-state index is -5.14. The molecule has 0 fully saturated rings. The molecular weight excluding hydrogens is 468 g/mol. The normalized spacial score (nSPS) is 13.8. The Balaban J connectivity index is 3.23. The van der Waals surface area contributed by atoms with Crippen LogP contribution in [0.2, 0.25) is 0 Å². The van der Waals surface area contributed by atoms with E-state index in [0.29, 0.717) is 12.1 Å². The van der Waals surface area contributed by atoms with Crippen molar-refractivity contribution < 1.29 is 60.1 Å². The van der Waals surface area contributed by atoms with Gasteiger partial charge in [-0.25, -0.2) is 4.79 Å². The highest BCUT2D eigenvalue weighted by Crippen LogP contribution is 2.36. The van der Waals surface area contributed by atoms with Gasteiger partial charge in [0.25, 0.3) is 0 Å². The first kappa shape index (κ1) is 27.7. The number of carboxylic acids is 1. The van der Waals surface area contributed by atoms with Crippen molar-refractivity contribution >= 4 is 23.8 Å². The number of aliphatic carboxylic acids is 1. The number of methoxy groups -OCH3 is 2. The molecule has 0 aliphatic heterocycles. The van der Waals surface area contributed by atoms with Gasteiger partial charge in [0, 0.05) is 5.92 Å². The van der Waals surface area contributed by atoms with Crippen LogP contribution in [-0.4, -0.2) is 49.2 Å². The molecule has 1 aromatic carbocycles. The van der Waals surface area contributed by atoms with Gasteiger partial charge in [-0.1, -0.05) is 6.92 Å². The summed E-state index contributed by atoms with van der Waals surface area (Å²) in [4.78, 5) is 47.7. The average Bonchev–Trinajstić information content (AvgIpc) is 2.69. The first-order chi connectivity index (χ1) is 15.0. The number of alkyl halides is 6. The maximum absolute atomic E-state index is 13.0. The van der Waals surface area contributed by atoms with Crippen molar-refractivity contribution in [3.8, 4) is 0 Å². The Bertz CT molecular complexity index is 865. The van der Waals surface area contributed by atoms with Gasteiger partial charge >= 0.3 is 30.3 Å². The summed E-state index contributed by atoms with van der Waals surface area (Å²) >= 11 is 0. The summed E-state index contributed by atoms with van der Waals surface area (Å²) in [7, 11) is 1.82. The number of benzene rings is 1. The quantitative estimate of drug-likeness (QED) is 0.329. The third kappa shape index (κ3) is 7.36. The molecule has 1 amide bonds. The third-order valence-corrected chi connectivity index (χ3v) is 4.56. The molecule has 1 aromatic rings. The summed E-state index contributed by atoms with van der Waals surface area (Å²) < 4.78 is 86.7. The molecule has 0 unspecified atom stereocenters. The van der Waals surface area contributed by atoms with Crippen LogP contribution in [-0.2, 0) is 47.4 Å². The lowest BCUT2D eigenvalue weighted by Crippen LogP contribution is -2.50. The number of carboxylic acid groups (broad SMARTS) is 1. The smallest absolute Gasteiger partial charge is 0.416 e. The number of ether oxygens (including phenoxy) is 2. The first-order valence-corrected chi connectivity index (χ1v) is 8.99. The maximum Gasteiger partial charge on any atom is 0.416 e. The monoisotopic (exact) mass is 487 g/mol. The number of rotatable bonds is 8. The maximum atomic E-state index is 13.0. The van der Waals surface area contributed by atoms with Gasteiger partial charge in [0.2, 0.25) is 5.91 Å². The Morgan fingerprint density at radius 1 is 0.909 bits per heavy atom. The molecule has 0 aliphatic rings. The van der Waals surface area contributed by atoms with E-state index in [4.69, 9.17) is 0 Å². The van der Waals surface area contributed by atoms with Crippen molar-refractivity contribution in [2.45, 2.75) is 31.7 Å². The van der Waals surface area contributed by atoms with Crippen LogP contribution >= 0.6 is 0 Å². The van der Waals surface area contributed by atoms with Gasteiger partial charge in [-0.15, -0.1) is 0 Å². The van der Waals surface area contributed by atoms with Gasteiger partial charge in [0.15, 0.2) is 5.92 Å². The largest absolute Gasteiger partial charge is 0.480 e. The molecule has 0 saturated heterocycles. The van der Waals surface area contributed by atoms with E-state index < -0.39 is 77.2 Å². The topological polar surface area (TPSA) is 119 Å². The second-order valence-corrected chi connectivity index (χ2v) is 6.86. The summed E-state index contributed by atoms with van der Waals surface area (Å²) in [5.41, 5.74) is -4.00. The number of nitrogens with one attached hydrogen (secondary N) is 1. The molecule has 1 rings (SSSR count). The van der Waals surface area contributed by atoms with Crippen molar-refractivity contribution in [2.75, 3.05) is 14.2 Å². The molecule has 14 heteroatoms. The number of esters is 2. The highest BCUT2D eigenvalue weighted by Gasteiger charge is 2.42. The average molecular weight is 487 g/mol. The van der Waals surface area contributed by atoms with Crippen molar-refractivity contribution in [1.82, 2.24) is 5.32 Å². The second-order valence-electron chi connectivity index (χ2n) is 6.86. The molecule has 0 spiro atoms. The highest BCUT2D eigenvalue weighted by molar-refractivity contribution is 5.96. The van der Waals surface area contributed by atoms with Crippen LogP contribution in [0.3, 0.4) is 0 Å². The van der Waals surface area contributed by atoms with Crippen LogP contribution < -0.4 is 5.32 Å². The minimum Gasteiger partial charge on any atom is -0.480 e. The number of halogens is 6. The van der Waals surface area contributed by atoms with Gasteiger partial charge in [0.05, 0.1) is 31.8 Å². The summed E-state index contributed by atoms with van der Waals surface area (Å²) in [5, 5.41) is 11.3. The van der Waals surface area contributed by atoms with Gasteiger partial charge in [-0.2, -0.15) is 26.3 Å². The summed E-state index contributed by atoms with van der Waals surface area (Å²) in [6, 6.07) is -1.42. The number of carbonyl (C=O) groups is 4. The molecule has 2 atom stereocenters. The Morgan fingerprint density at radius 3 is 1.67 bits per heavy atom. The zero-order valence-electron chi connectivity index (χ0n) is 17.3. The lowest BCUT2D eigenvalue weighted by molar-refractivity contribution is -0.163. The predicted octanol–water partition coefficient (Wildman–Crippen LogP) is 2.43. The molecule has 0 aromatic heterocycles. The van der Waals surface area contributed by atoms with Gasteiger partial charge in [0.1, 0.15) is 6.04 Å². The fourth-order valence-electron chi connectivity index (χ4n) is 2.92. The third-order valence-electron chi connectivity index (χ3n) is 4.56. The fraction of sp³-hybridized carbons (Fsp3) is 0.474. The number of hydrogen-bond donors (Lipinski definition) is 2. The Hall–Kier alpha value is -3.32. The summed E-state index contributed by atoms with van der Waals surface area (Å²) in [6.07, 6.45) is -11.3. The zero-order valence-corrected chi connectivity index (χ0v) is 17.3. The number of amides is 1. The van der Waals surface area contributed by atoms with Crippen LogP contribution in [0.5, 0.6) is 0 Å². The lowest BCUT2D eigenvalue weighted by Gasteiger charge is -2.26. The molecule has 0 bridgehead atoms. The van der Waals surface area contributed by atoms with Crippen molar-refractivity contribution in [2.24, 2.45) is 11.8 Å². The molecular formula is C19H19F6NO7. The molecule has 0 aliphatic carbocycles. The minimum absolute atomic E-state index is 0.124. The SMILES string of the molecule is COC(=O)C(C(=O)OC)[C@@H](C)[C@@H](NC(=O)Cc1cc(C(F)(F)F)cc(C(F)(F)F)c1)C(=O)O. The molecule has 33 heavy (non-hydrogen) atoms. The molecule has 2 N–H and O–H groups in total. The van der Waals surface area contributed by atoms with Crippen LogP contribution in [0.25, 0.3) is 0 Å². The lowest BCUT2D eigenvalue weighted by atomic mass is 9.87. The zero-order chi connectivity index (χ0) is 25.7. The van der Waals surface area contributed by atoms with Gasteiger partial charge in [-0.3, -0.25) is 14.4 Å². The highest BCUT2D eigenvalue weighted by atomic mass is 19.4.